The maximum absolute atomic E-state index is 12.8. The Balaban J connectivity index is 1.85. The maximum atomic E-state index is 12.8. The van der Waals surface area contributed by atoms with Gasteiger partial charge in [-0.05, 0) is 25.8 Å². The zero-order valence-corrected chi connectivity index (χ0v) is 15.1. The van der Waals surface area contributed by atoms with Crippen LogP contribution in [0.2, 0.25) is 0 Å². The van der Waals surface area contributed by atoms with Gasteiger partial charge in [-0.15, -0.1) is 0 Å². The van der Waals surface area contributed by atoms with Crippen LogP contribution in [0.5, 0.6) is 0 Å². The zero-order chi connectivity index (χ0) is 18.4. The van der Waals surface area contributed by atoms with Gasteiger partial charge in [-0.1, -0.05) is 13.8 Å². The van der Waals surface area contributed by atoms with E-state index in [4.69, 9.17) is 0 Å². The van der Waals surface area contributed by atoms with Crippen molar-refractivity contribution in [3.63, 3.8) is 0 Å². The first-order chi connectivity index (χ1) is 12.5. The van der Waals surface area contributed by atoms with Crippen LogP contribution < -0.4 is 5.56 Å². The van der Waals surface area contributed by atoms with E-state index in [0.717, 1.165) is 28.1 Å². The second-order valence-corrected chi connectivity index (χ2v) is 6.59. The van der Waals surface area contributed by atoms with Crippen LogP contribution in [0.25, 0.3) is 22.7 Å². The molecule has 0 saturated carbocycles. The number of hydrogen-bond acceptors (Lipinski definition) is 5. The molecule has 0 radical (unpaired) electrons. The molecule has 132 valence electrons. The SMILES string of the molecule is Cc1ccnc(-n2cc(-c3c[nH]n4c(=O)c(C(C)C)c(C)nc34)cn2)n1. The van der Waals surface area contributed by atoms with Crippen LogP contribution in [-0.4, -0.2) is 34.3 Å². The van der Waals surface area contributed by atoms with E-state index in [9.17, 15) is 4.79 Å². The summed E-state index contributed by atoms with van der Waals surface area (Å²) in [6.45, 7) is 7.76. The lowest BCUT2D eigenvalue weighted by Gasteiger charge is -2.08. The van der Waals surface area contributed by atoms with Gasteiger partial charge in [0, 0.05) is 46.7 Å². The van der Waals surface area contributed by atoms with Crippen LogP contribution in [0.4, 0.5) is 0 Å². The lowest BCUT2D eigenvalue weighted by Crippen LogP contribution is -2.22. The molecule has 0 fully saturated rings. The quantitative estimate of drug-likeness (QED) is 0.613. The van der Waals surface area contributed by atoms with Gasteiger partial charge in [0.25, 0.3) is 11.5 Å². The Morgan fingerprint density at radius 3 is 2.73 bits per heavy atom. The summed E-state index contributed by atoms with van der Waals surface area (Å²) in [4.78, 5) is 26.0. The summed E-state index contributed by atoms with van der Waals surface area (Å²) in [5.41, 5.74) is 4.49. The molecule has 4 aromatic rings. The molecular weight excluding hydrogens is 330 g/mol. The van der Waals surface area contributed by atoms with E-state index in [-0.39, 0.29) is 11.5 Å². The number of fused-ring (bicyclic) bond motifs is 1. The van der Waals surface area contributed by atoms with Gasteiger partial charge < -0.3 is 0 Å². The molecule has 0 aromatic carbocycles. The summed E-state index contributed by atoms with van der Waals surface area (Å²) in [7, 11) is 0. The molecule has 0 atom stereocenters. The monoisotopic (exact) mass is 349 g/mol. The fraction of sp³-hybridized carbons (Fsp3) is 0.278. The zero-order valence-electron chi connectivity index (χ0n) is 15.1. The Bertz CT molecular complexity index is 1170. The van der Waals surface area contributed by atoms with Gasteiger partial charge in [0.1, 0.15) is 0 Å². The first kappa shape index (κ1) is 16.2. The smallest absolute Gasteiger partial charge is 0.276 e. The topological polar surface area (TPSA) is 93.8 Å². The number of nitrogens with one attached hydrogen (secondary N) is 1. The van der Waals surface area contributed by atoms with Crippen molar-refractivity contribution >= 4 is 5.65 Å². The van der Waals surface area contributed by atoms with Gasteiger partial charge >= 0.3 is 0 Å². The van der Waals surface area contributed by atoms with Gasteiger partial charge in [-0.2, -0.15) is 5.10 Å². The minimum atomic E-state index is -0.0665. The number of aryl methyl sites for hydroxylation is 2. The van der Waals surface area contributed by atoms with E-state index >= 15 is 0 Å². The van der Waals surface area contributed by atoms with Crippen molar-refractivity contribution in [2.45, 2.75) is 33.6 Å². The van der Waals surface area contributed by atoms with E-state index in [2.05, 4.69) is 25.1 Å². The fourth-order valence-electron chi connectivity index (χ4n) is 3.13. The summed E-state index contributed by atoms with van der Waals surface area (Å²) in [5.74, 6) is 0.611. The number of H-pyrrole nitrogens is 1. The highest BCUT2D eigenvalue weighted by Gasteiger charge is 2.17. The van der Waals surface area contributed by atoms with Crippen molar-refractivity contribution in [2.75, 3.05) is 0 Å². The van der Waals surface area contributed by atoms with Crippen LogP contribution in [0.1, 0.15) is 36.7 Å². The van der Waals surface area contributed by atoms with Crippen LogP contribution in [0.3, 0.4) is 0 Å². The van der Waals surface area contributed by atoms with E-state index < -0.39 is 0 Å². The molecule has 0 aliphatic heterocycles. The average Bonchev–Trinajstić information content (AvgIpc) is 3.21. The van der Waals surface area contributed by atoms with Crippen LogP contribution in [0, 0.1) is 13.8 Å². The second-order valence-electron chi connectivity index (χ2n) is 6.59. The third-order valence-electron chi connectivity index (χ3n) is 4.35. The number of aromatic amines is 1. The third-order valence-corrected chi connectivity index (χ3v) is 4.35. The van der Waals surface area contributed by atoms with Crippen molar-refractivity contribution in [3.8, 4) is 17.1 Å². The molecule has 4 rings (SSSR count). The standard InChI is InChI=1S/C18H19N7O/c1-10(2)15-12(4)23-16-14(8-21-25(16)17(15)26)13-7-20-24(9-13)18-19-6-5-11(3)22-18/h5-10,21H,1-4H3. The van der Waals surface area contributed by atoms with E-state index in [1.165, 1.54) is 4.52 Å². The lowest BCUT2D eigenvalue weighted by atomic mass is 10.0. The summed E-state index contributed by atoms with van der Waals surface area (Å²) < 4.78 is 3.09. The molecule has 0 aliphatic rings. The highest BCUT2D eigenvalue weighted by Crippen LogP contribution is 2.24. The minimum absolute atomic E-state index is 0.0665. The Labute approximate surface area is 149 Å². The number of aromatic nitrogens is 7. The molecule has 8 heteroatoms. The molecule has 4 heterocycles. The fourth-order valence-corrected chi connectivity index (χ4v) is 3.13. The average molecular weight is 349 g/mol. The van der Waals surface area contributed by atoms with E-state index in [1.807, 2.05) is 40.0 Å². The highest BCUT2D eigenvalue weighted by molar-refractivity contribution is 5.76. The number of rotatable bonds is 3. The Kier molecular flexibility index (Phi) is 3.68. The van der Waals surface area contributed by atoms with Gasteiger partial charge in [0.15, 0.2) is 5.65 Å². The summed E-state index contributed by atoms with van der Waals surface area (Å²) in [5, 5.41) is 7.35. The van der Waals surface area contributed by atoms with Crippen molar-refractivity contribution in [1.82, 2.24) is 34.3 Å². The Morgan fingerprint density at radius 1 is 1.19 bits per heavy atom. The Hall–Kier alpha value is -3.29. The molecule has 4 aromatic heterocycles. The predicted octanol–water partition coefficient (Wildman–Crippen LogP) is 2.41. The molecule has 0 spiro atoms. The van der Waals surface area contributed by atoms with Crippen LogP contribution >= 0.6 is 0 Å². The second kappa shape index (κ2) is 5.91. The van der Waals surface area contributed by atoms with Gasteiger partial charge in [0.05, 0.1) is 6.20 Å². The molecule has 0 unspecified atom stereocenters. The number of hydrogen-bond donors (Lipinski definition) is 1. The molecule has 0 bridgehead atoms. The van der Waals surface area contributed by atoms with Crippen LogP contribution in [0.15, 0.2) is 35.6 Å². The molecule has 0 amide bonds. The molecule has 26 heavy (non-hydrogen) atoms. The molecule has 0 aliphatic carbocycles. The van der Waals surface area contributed by atoms with Gasteiger partial charge in [-0.25, -0.2) is 24.1 Å². The van der Waals surface area contributed by atoms with Crippen LogP contribution in [-0.2, 0) is 0 Å². The molecule has 1 N–H and O–H groups in total. The normalized spacial score (nSPS) is 11.6. The molecular formula is C18H19N7O. The first-order valence-corrected chi connectivity index (χ1v) is 8.41. The largest absolute Gasteiger partial charge is 0.296 e. The molecule has 8 nitrogen and oxygen atoms in total. The summed E-state index contributed by atoms with van der Waals surface area (Å²) >= 11 is 0. The van der Waals surface area contributed by atoms with Crippen molar-refractivity contribution in [2.24, 2.45) is 0 Å². The summed E-state index contributed by atoms with van der Waals surface area (Å²) in [6.07, 6.45) is 7.01. The van der Waals surface area contributed by atoms with Crippen molar-refractivity contribution < 1.29 is 0 Å². The third kappa shape index (κ3) is 2.50. The highest BCUT2D eigenvalue weighted by atomic mass is 16.1. The summed E-state index contributed by atoms with van der Waals surface area (Å²) in [6, 6.07) is 1.83. The number of nitrogens with zero attached hydrogens (tertiary/aromatic N) is 6. The molecule has 0 saturated heterocycles. The lowest BCUT2D eigenvalue weighted by molar-refractivity contribution is 0.780. The van der Waals surface area contributed by atoms with Crippen molar-refractivity contribution in [1.29, 1.82) is 0 Å². The van der Waals surface area contributed by atoms with Crippen molar-refractivity contribution in [3.05, 3.63) is 58.2 Å². The first-order valence-electron chi connectivity index (χ1n) is 8.41. The van der Waals surface area contributed by atoms with E-state index in [0.29, 0.717) is 11.6 Å². The Morgan fingerprint density at radius 2 is 2.00 bits per heavy atom. The predicted molar refractivity (Wildman–Crippen MR) is 97.5 cm³/mol. The van der Waals surface area contributed by atoms with Gasteiger partial charge in [-0.3, -0.25) is 9.89 Å². The van der Waals surface area contributed by atoms with E-state index in [1.54, 1.807) is 23.3 Å². The van der Waals surface area contributed by atoms with Gasteiger partial charge in [0.2, 0.25) is 0 Å². The maximum Gasteiger partial charge on any atom is 0.276 e. The minimum Gasteiger partial charge on any atom is -0.296 e.